The molecule has 1 atom stereocenters. The van der Waals surface area contributed by atoms with Crippen LogP contribution in [0.25, 0.3) is 10.8 Å². The van der Waals surface area contributed by atoms with Gasteiger partial charge in [0.1, 0.15) is 0 Å². The van der Waals surface area contributed by atoms with Crippen LogP contribution in [0.1, 0.15) is 19.8 Å². The zero-order valence-electron chi connectivity index (χ0n) is 11.9. The van der Waals surface area contributed by atoms with Crippen molar-refractivity contribution in [1.29, 1.82) is 0 Å². The Balaban J connectivity index is 0.00000133. The first-order chi connectivity index (χ1) is 8.90. The van der Waals surface area contributed by atoms with Gasteiger partial charge in [-0.25, -0.2) is 11.4 Å². The number of allylic oxidation sites excluding steroid dienone is 4. The van der Waals surface area contributed by atoms with E-state index < -0.39 is 0 Å². The first-order valence-corrected chi connectivity index (χ1v) is 8.12. The molecule has 0 heterocycles. The Morgan fingerprint density at radius 2 is 1.95 bits per heavy atom. The molecule has 108 valence electrons. The maximum absolute atomic E-state index is 3.53. The van der Waals surface area contributed by atoms with Crippen LogP contribution >= 0.6 is 7.92 Å². The van der Waals surface area contributed by atoms with Gasteiger partial charge in [0.15, 0.2) is 0 Å². The number of benzene rings is 1. The second-order valence-corrected chi connectivity index (χ2v) is 6.89. The Hall–Kier alpha value is -0.517. The molecule has 0 spiro atoms. The van der Waals surface area contributed by atoms with Crippen LogP contribution < -0.4 is 14.7 Å². The summed E-state index contributed by atoms with van der Waals surface area (Å²) in [6, 6.07) is 13.3. The summed E-state index contributed by atoms with van der Waals surface area (Å²) >= 11 is 0. The summed E-state index contributed by atoms with van der Waals surface area (Å²) in [7, 11) is -0.201. The van der Waals surface area contributed by atoms with Gasteiger partial charge in [-0.1, -0.05) is 19.4 Å². The number of rotatable bonds is 4. The third kappa shape index (κ3) is 4.24. The molecule has 2 aromatic carbocycles. The van der Waals surface area contributed by atoms with Crippen molar-refractivity contribution in [2.45, 2.75) is 19.8 Å². The van der Waals surface area contributed by atoms with Crippen molar-refractivity contribution in [2.24, 2.45) is 0 Å². The van der Waals surface area contributed by atoms with Gasteiger partial charge in [0.05, 0.1) is 0 Å². The number of hydrogen-bond donors (Lipinski definition) is 0. The van der Waals surface area contributed by atoms with Crippen LogP contribution in [0.2, 0.25) is 0 Å². The molecular weight excluding hydrogens is 364 g/mol. The zero-order valence-corrected chi connectivity index (χ0v) is 15.3. The van der Waals surface area contributed by atoms with Crippen LogP contribution in [0, 0.1) is 6.08 Å². The molecule has 0 amide bonds. The second-order valence-electron chi connectivity index (χ2n) is 4.63. The minimum absolute atomic E-state index is 0. The van der Waals surface area contributed by atoms with Crippen molar-refractivity contribution in [3.63, 3.8) is 0 Å². The van der Waals surface area contributed by atoms with E-state index in [1.807, 2.05) is 0 Å². The van der Waals surface area contributed by atoms with E-state index in [1.54, 1.807) is 0 Å². The summed E-state index contributed by atoms with van der Waals surface area (Å²) in [5.74, 6) is 0. The van der Waals surface area contributed by atoms with Gasteiger partial charge in [0.2, 0.25) is 0 Å². The van der Waals surface area contributed by atoms with E-state index in [1.165, 1.54) is 34.0 Å². The van der Waals surface area contributed by atoms with Gasteiger partial charge in [-0.05, 0) is 6.16 Å². The Bertz CT molecular complexity index is 616. The molecule has 0 aromatic heterocycles. The Morgan fingerprint density at radius 1 is 1.19 bits per heavy atom. The van der Waals surface area contributed by atoms with E-state index in [0.29, 0.717) is 0 Å². The number of halogens is 2. The number of fused-ring (bicyclic) bond motifs is 1. The molecule has 0 saturated heterocycles. The quantitative estimate of drug-likeness (QED) is 0.458. The SMILES string of the molecule is CCCP(C1=[C-]CC=C1)[c-]1ccc2ccccc21.[F-].[F-].[Zr+4]. The van der Waals surface area contributed by atoms with Gasteiger partial charge in [0.25, 0.3) is 0 Å². The van der Waals surface area contributed by atoms with Crippen molar-refractivity contribution in [1.82, 2.24) is 0 Å². The van der Waals surface area contributed by atoms with Crippen molar-refractivity contribution in [3.05, 3.63) is 59.9 Å². The molecule has 1 unspecified atom stereocenters. The summed E-state index contributed by atoms with van der Waals surface area (Å²) in [6.45, 7) is 2.28. The van der Waals surface area contributed by atoms with Crippen LogP contribution in [0.15, 0.2) is 53.9 Å². The molecular formula is C17H17F2PZr. The summed E-state index contributed by atoms with van der Waals surface area (Å²) in [4.78, 5) is 0. The average molecular weight is 382 g/mol. The smallest absolute Gasteiger partial charge is 1.00 e. The van der Waals surface area contributed by atoms with Crippen LogP contribution in [0.5, 0.6) is 0 Å². The minimum Gasteiger partial charge on any atom is -1.00 e. The third-order valence-corrected chi connectivity index (χ3v) is 6.12. The maximum atomic E-state index is 3.53. The van der Waals surface area contributed by atoms with Gasteiger partial charge in [-0.2, -0.15) is 12.1 Å². The van der Waals surface area contributed by atoms with Crippen LogP contribution in [0.4, 0.5) is 0 Å². The standard InChI is InChI=1S/C17H17P.2FH.Zr/c1-2-13-18(15-8-4-5-9-15)17-12-11-14-7-3-6-10-16(14)17;;;/h3-4,6-8,10-12H,2,5,13H2,1H3;2*1H;/q-2;;;+4/p-2. The van der Waals surface area contributed by atoms with Crippen molar-refractivity contribution in [3.8, 4) is 0 Å². The van der Waals surface area contributed by atoms with E-state index in [0.717, 1.165) is 6.42 Å². The van der Waals surface area contributed by atoms with Crippen molar-refractivity contribution in [2.75, 3.05) is 6.16 Å². The fourth-order valence-corrected chi connectivity index (χ4v) is 5.05. The first-order valence-electron chi connectivity index (χ1n) is 6.59. The molecule has 3 rings (SSSR count). The molecule has 0 fully saturated rings. The normalized spacial score (nSPS) is 13.9. The van der Waals surface area contributed by atoms with E-state index in [2.05, 4.69) is 61.5 Å². The largest absolute Gasteiger partial charge is 4.00 e. The van der Waals surface area contributed by atoms with E-state index in [9.17, 15) is 0 Å². The molecule has 0 radical (unpaired) electrons. The van der Waals surface area contributed by atoms with Gasteiger partial charge < -0.3 is 9.41 Å². The summed E-state index contributed by atoms with van der Waals surface area (Å²) in [5.41, 5.74) is 0. The molecule has 0 saturated carbocycles. The van der Waals surface area contributed by atoms with Gasteiger partial charge in [-0.15, -0.1) is 54.7 Å². The Labute approximate surface area is 145 Å². The van der Waals surface area contributed by atoms with Crippen molar-refractivity contribution < 1.29 is 35.6 Å². The maximum Gasteiger partial charge on any atom is 4.00 e. The van der Waals surface area contributed by atoms with Gasteiger partial charge in [-0.3, -0.25) is 6.08 Å². The van der Waals surface area contributed by atoms with Crippen LogP contribution in [0.3, 0.4) is 0 Å². The monoisotopic (exact) mass is 380 g/mol. The predicted molar refractivity (Wildman–Crippen MR) is 81.8 cm³/mol. The molecule has 0 N–H and O–H groups in total. The molecule has 0 nitrogen and oxygen atoms in total. The van der Waals surface area contributed by atoms with Crippen LogP contribution in [-0.4, -0.2) is 6.16 Å². The molecule has 21 heavy (non-hydrogen) atoms. The zero-order chi connectivity index (χ0) is 12.4. The molecule has 4 heteroatoms. The van der Waals surface area contributed by atoms with E-state index in [-0.39, 0.29) is 43.5 Å². The summed E-state index contributed by atoms with van der Waals surface area (Å²) in [5, 5.41) is 5.80. The van der Waals surface area contributed by atoms with Crippen LogP contribution in [-0.2, 0) is 26.2 Å². The molecule has 0 bridgehead atoms. The third-order valence-electron chi connectivity index (χ3n) is 3.36. The van der Waals surface area contributed by atoms with Gasteiger partial charge >= 0.3 is 26.2 Å². The Kier molecular flexibility index (Phi) is 9.26. The number of hydrogen-bond acceptors (Lipinski definition) is 0. The summed E-state index contributed by atoms with van der Waals surface area (Å²) in [6.07, 6.45) is 11.5. The fourth-order valence-electron chi connectivity index (χ4n) is 2.54. The van der Waals surface area contributed by atoms with Crippen molar-refractivity contribution >= 4 is 24.0 Å². The molecule has 1 aliphatic carbocycles. The second kappa shape index (κ2) is 9.49. The summed E-state index contributed by atoms with van der Waals surface area (Å²) < 4.78 is 0. The predicted octanol–water partition coefficient (Wildman–Crippen LogP) is -1.27. The molecule has 1 aliphatic rings. The van der Waals surface area contributed by atoms with E-state index in [4.69, 9.17) is 0 Å². The molecule has 2 aromatic rings. The van der Waals surface area contributed by atoms with Gasteiger partial charge in [0, 0.05) is 0 Å². The van der Waals surface area contributed by atoms with E-state index >= 15 is 0 Å². The molecule has 0 aliphatic heterocycles. The minimum atomic E-state index is -0.201. The average Bonchev–Trinajstić information content (AvgIpc) is 3.06. The topological polar surface area (TPSA) is 0 Å². The first kappa shape index (κ1) is 20.5. The Morgan fingerprint density at radius 3 is 2.62 bits per heavy atom. The fraction of sp³-hybridized carbons (Fsp3) is 0.235.